The summed E-state index contributed by atoms with van der Waals surface area (Å²) in [4.78, 5) is 15.7. The number of amides is 2. The zero-order valence-corrected chi connectivity index (χ0v) is 11.0. The number of methoxy groups -OCH3 is 1. The van der Waals surface area contributed by atoms with Crippen molar-refractivity contribution in [3.05, 3.63) is 0 Å². The van der Waals surface area contributed by atoms with Gasteiger partial charge in [0.15, 0.2) is 0 Å². The summed E-state index contributed by atoms with van der Waals surface area (Å²) in [5.74, 6) is 0. The molecule has 0 aliphatic carbocycles. The van der Waals surface area contributed by atoms with Gasteiger partial charge < -0.3 is 20.3 Å². The molecule has 0 aliphatic rings. The Kier molecular flexibility index (Phi) is 7.84. The summed E-state index contributed by atoms with van der Waals surface area (Å²) < 4.78 is 4.97. The summed E-state index contributed by atoms with van der Waals surface area (Å²) in [6, 6.07) is -0.0178. The quantitative estimate of drug-likeness (QED) is 0.672. The number of ether oxygens (including phenoxy) is 1. The Bertz CT molecular complexity index is 236. The van der Waals surface area contributed by atoms with E-state index in [1.807, 2.05) is 6.92 Å². The standard InChI is InChI=1S/C10H21N3O2S/c1-4-12(2)10(14)13(7-8-15-3)6-5-9(11)16/h4-8H2,1-3H3,(H2,11,16). The lowest BCUT2D eigenvalue weighted by molar-refractivity contribution is 0.133. The van der Waals surface area contributed by atoms with Crippen LogP contribution in [-0.2, 0) is 4.74 Å². The minimum absolute atomic E-state index is 0.0178. The number of rotatable bonds is 7. The average molecular weight is 247 g/mol. The minimum atomic E-state index is -0.0178. The molecule has 0 unspecified atom stereocenters. The molecule has 0 spiro atoms. The number of nitrogens with zero attached hydrogens (tertiary/aromatic N) is 2. The molecule has 0 aromatic carbocycles. The molecule has 94 valence electrons. The van der Waals surface area contributed by atoms with Gasteiger partial charge in [-0.25, -0.2) is 4.79 Å². The molecule has 0 aliphatic heterocycles. The summed E-state index contributed by atoms with van der Waals surface area (Å²) in [6.07, 6.45) is 0.544. The van der Waals surface area contributed by atoms with Crippen molar-refractivity contribution in [2.24, 2.45) is 5.73 Å². The lowest BCUT2D eigenvalue weighted by Gasteiger charge is -2.27. The number of carbonyl (C=O) groups is 1. The first-order valence-corrected chi connectivity index (χ1v) is 5.71. The molecule has 0 saturated heterocycles. The molecule has 5 nitrogen and oxygen atoms in total. The van der Waals surface area contributed by atoms with Crippen LogP contribution in [0.15, 0.2) is 0 Å². The Labute approximate surface area is 103 Å². The summed E-state index contributed by atoms with van der Waals surface area (Å²) in [5, 5.41) is 0. The van der Waals surface area contributed by atoms with Crippen molar-refractivity contribution in [1.29, 1.82) is 0 Å². The molecule has 6 heteroatoms. The molecule has 0 radical (unpaired) electrons. The second-order valence-electron chi connectivity index (χ2n) is 3.49. The molecule has 16 heavy (non-hydrogen) atoms. The third kappa shape index (κ3) is 5.87. The predicted octanol–water partition coefficient (Wildman–Crippen LogP) is 0.683. The van der Waals surface area contributed by atoms with Gasteiger partial charge >= 0.3 is 6.03 Å². The third-order valence-corrected chi connectivity index (χ3v) is 2.47. The van der Waals surface area contributed by atoms with E-state index in [-0.39, 0.29) is 6.03 Å². The van der Waals surface area contributed by atoms with E-state index < -0.39 is 0 Å². The van der Waals surface area contributed by atoms with Crippen LogP contribution >= 0.6 is 12.2 Å². The molecule has 0 aromatic heterocycles. The number of hydrogen-bond donors (Lipinski definition) is 1. The first-order valence-electron chi connectivity index (χ1n) is 5.30. The topological polar surface area (TPSA) is 58.8 Å². The lowest BCUT2D eigenvalue weighted by atomic mass is 10.4. The molecular weight excluding hydrogens is 226 g/mol. The normalized spacial score (nSPS) is 9.94. The average Bonchev–Trinajstić information content (AvgIpc) is 2.27. The van der Waals surface area contributed by atoms with Crippen molar-refractivity contribution < 1.29 is 9.53 Å². The van der Waals surface area contributed by atoms with Crippen molar-refractivity contribution in [3.8, 4) is 0 Å². The molecule has 0 atom stereocenters. The van der Waals surface area contributed by atoms with Gasteiger partial charge in [-0.2, -0.15) is 0 Å². The number of hydrogen-bond acceptors (Lipinski definition) is 3. The van der Waals surface area contributed by atoms with E-state index in [1.54, 1.807) is 24.0 Å². The fourth-order valence-corrected chi connectivity index (χ4v) is 1.22. The van der Waals surface area contributed by atoms with Crippen LogP contribution in [0.2, 0.25) is 0 Å². The Morgan fingerprint density at radius 3 is 2.50 bits per heavy atom. The van der Waals surface area contributed by atoms with E-state index in [1.165, 1.54) is 0 Å². The Hall–Kier alpha value is -0.880. The fraction of sp³-hybridized carbons (Fsp3) is 0.800. The van der Waals surface area contributed by atoms with Crippen molar-refractivity contribution >= 4 is 23.2 Å². The van der Waals surface area contributed by atoms with Gasteiger partial charge in [0, 0.05) is 40.2 Å². The molecular formula is C10H21N3O2S. The van der Waals surface area contributed by atoms with Gasteiger partial charge in [-0.15, -0.1) is 0 Å². The van der Waals surface area contributed by atoms with Gasteiger partial charge in [0.25, 0.3) is 0 Å². The van der Waals surface area contributed by atoms with Crippen LogP contribution in [0.25, 0.3) is 0 Å². The maximum absolute atomic E-state index is 11.9. The Balaban J connectivity index is 4.28. The highest BCUT2D eigenvalue weighted by Gasteiger charge is 2.16. The number of carbonyl (C=O) groups excluding carboxylic acids is 1. The van der Waals surface area contributed by atoms with Crippen LogP contribution < -0.4 is 5.73 Å². The lowest BCUT2D eigenvalue weighted by Crippen LogP contribution is -2.43. The van der Waals surface area contributed by atoms with Crippen molar-refractivity contribution in [2.75, 3.05) is 40.4 Å². The van der Waals surface area contributed by atoms with Crippen molar-refractivity contribution in [1.82, 2.24) is 9.80 Å². The molecule has 0 heterocycles. The largest absolute Gasteiger partial charge is 0.393 e. The van der Waals surface area contributed by atoms with Gasteiger partial charge in [-0.3, -0.25) is 0 Å². The van der Waals surface area contributed by atoms with Crippen LogP contribution in [0.4, 0.5) is 4.79 Å². The van der Waals surface area contributed by atoms with E-state index in [2.05, 4.69) is 0 Å². The summed E-state index contributed by atoms with van der Waals surface area (Å²) in [7, 11) is 3.38. The van der Waals surface area contributed by atoms with Crippen molar-refractivity contribution in [3.63, 3.8) is 0 Å². The zero-order valence-electron chi connectivity index (χ0n) is 10.2. The van der Waals surface area contributed by atoms with Crippen LogP contribution in [0.3, 0.4) is 0 Å². The second-order valence-corrected chi connectivity index (χ2v) is 4.02. The number of thiocarbonyl (C=S) groups is 1. The Morgan fingerprint density at radius 1 is 1.44 bits per heavy atom. The summed E-state index contributed by atoms with van der Waals surface area (Å²) in [6.45, 7) is 4.22. The van der Waals surface area contributed by atoms with Gasteiger partial charge in [-0.1, -0.05) is 12.2 Å². The highest BCUT2D eigenvalue weighted by Crippen LogP contribution is 1.99. The molecule has 0 saturated carbocycles. The third-order valence-electron chi connectivity index (χ3n) is 2.26. The van der Waals surface area contributed by atoms with Gasteiger partial charge in [0.05, 0.1) is 11.6 Å². The first kappa shape index (κ1) is 15.1. The van der Waals surface area contributed by atoms with E-state index in [4.69, 9.17) is 22.7 Å². The minimum Gasteiger partial charge on any atom is -0.393 e. The summed E-state index contributed by atoms with van der Waals surface area (Å²) in [5.41, 5.74) is 5.43. The van der Waals surface area contributed by atoms with Crippen LogP contribution in [0, 0.1) is 0 Å². The van der Waals surface area contributed by atoms with E-state index in [9.17, 15) is 4.79 Å². The molecule has 2 amide bonds. The Morgan fingerprint density at radius 2 is 2.06 bits per heavy atom. The monoisotopic (exact) mass is 247 g/mol. The van der Waals surface area contributed by atoms with Crippen molar-refractivity contribution in [2.45, 2.75) is 13.3 Å². The number of urea groups is 1. The predicted molar refractivity (Wildman–Crippen MR) is 68.6 cm³/mol. The molecule has 0 bridgehead atoms. The van der Waals surface area contributed by atoms with Crippen LogP contribution in [0.5, 0.6) is 0 Å². The van der Waals surface area contributed by atoms with Gasteiger partial charge in [0.1, 0.15) is 0 Å². The highest BCUT2D eigenvalue weighted by atomic mass is 32.1. The first-order chi connectivity index (χ1) is 7.52. The van der Waals surface area contributed by atoms with E-state index >= 15 is 0 Å². The fourth-order valence-electron chi connectivity index (χ4n) is 1.13. The highest BCUT2D eigenvalue weighted by molar-refractivity contribution is 7.80. The maximum Gasteiger partial charge on any atom is 0.319 e. The molecule has 2 N–H and O–H groups in total. The molecule has 0 rings (SSSR count). The molecule has 0 aromatic rings. The van der Waals surface area contributed by atoms with E-state index in [0.717, 1.165) is 0 Å². The number of nitrogens with two attached hydrogens (primary N) is 1. The summed E-state index contributed by atoms with van der Waals surface area (Å²) >= 11 is 4.80. The van der Waals surface area contributed by atoms with Gasteiger partial charge in [0.2, 0.25) is 0 Å². The van der Waals surface area contributed by atoms with Crippen LogP contribution in [0.1, 0.15) is 13.3 Å². The van der Waals surface area contributed by atoms with Gasteiger partial charge in [-0.05, 0) is 6.92 Å². The SMILES string of the molecule is CCN(C)C(=O)N(CCOC)CCC(N)=S. The maximum atomic E-state index is 11.9. The smallest absolute Gasteiger partial charge is 0.319 e. The van der Waals surface area contributed by atoms with Crippen LogP contribution in [-0.4, -0.2) is 61.2 Å². The zero-order chi connectivity index (χ0) is 12.6. The molecule has 0 fully saturated rings. The second kappa shape index (κ2) is 8.29. The van der Waals surface area contributed by atoms with E-state index in [0.29, 0.717) is 37.7 Å².